The molecule has 1 unspecified atom stereocenters. The van der Waals surface area contributed by atoms with Crippen molar-refractivity contribution in [1.82, 2.24) is 5.32 Å². The number of nitrogens with zero attached hydrogens (tertiary/aromatic N) is 1. The minimum absolute atomic E-state index is 0.0155. The van der Waals surface area contributed by atoms with Crippen molar-refractivity contribution in [3.05, 3.63) is 60.2 Å². The van der Waals surface area contributed by atoms with E-state index in [-0.39, 0.29) is 24.5 Å². The summed E-state index contributed by atoms with van der Waals surface area (Å²) < 4.78 is 5.53. The maximum atomic E-state index is 12.3. The average Bonchev–Trinajstić information content (AvgIpc) is 3.24. The molecule has 0 bridgehead atoms. The number of nitrogens with one attached hydrogen (secondary N) is 1. The van der Waals surface area contributed by atoms with Crippen LogP contribution in [0.2, 0.25) is 0 Å². The highest BCUT2D eigenvalue weighted by Crippen LogP contribution is 2.23. The zero-order valence-corrected chi connectivity index (χ0v) is 17.1. The monoisotopic (exact) mass is 394 g/mol. The smallest absolute Gasteiger partial charge is 0.220 e. The Morgan fingerprint density at radius 3 is 2.55 bits per heavy atom. The van der Waals surface area contributed by atoms with Crippen molar-refractivity contribution in [2.75, 3.05) is 31.1 Å². The number of para-hydroxylation sites is 1. The van der Waals surface area contributed by atoms with Crippen LogP contribution in [0.1, 0.15) is 43.0 Å². The van der Waals surface area contributed by atoms with Gasteiger partial charge >= 0.3 is 0 Å². The molecular formula is C24H30N2O3. The molecule has 1 saturated heterocycles. The van der Waals surface area contributed by atoms with Gasteiger partial charge in [0.05, 0.1) is 6.61 Å². The number of anilines is 1. The van der Waals surface area contributed by atoms with Crippen molar-refractivity contribution in [3.63, 3.8) is 0 Å². The third kappa shape index (κ3) is 6.34. The summed E-state index contributed by atoms with van der Waals surface area (Å²) in [6.45, 7) is 5.35. The second-order valence-electron chi connectivity index (χ2n) is 7.54. The lowest BCUT2D eigenvalue weighted by Crippen LogP contribution is -2.31. The van der Waals surface area contributed by atoms with Crippen LogP contribution in [0, 0.1) is 5.92 Å². The lowest BCUT2D eigenvalue weighted by atomic mass is 10.1. The molecule has 1 fully saturated rings. The molecule has 1 aliphatic heterocycles. The molecule has 29 heavy (non-hydrogen) atoms. The minimum Gasteiger partial charge on any atom is -0.494 e. The standard InChI is InChI=1S/C24H30N2O3/c1-2-16-29-22-10-8-20(9-11-22)23(27)12-13-24(28)25-17-19-14-15-26(18-19)21-6-4-3-5-7-21/h3-11,19H,2,12-18H2,1H3,(H,25,28). The van der Waals surface area contributed by atoms with Crippen LogP contribution in [0.3, 0.4) is 0 Å². The molecule has 0 aromatic heterocycles. The van der Waals surface area contributed by atoms with Gasteiger partial charge in [-0.15, -0.1) is 0 Å². The van der Waals surface area contributed by atoms with Crippen molar-refractivity contribution in [2.45, 2.75) is 32.6 Å². The summed E-state index contributed by atoms with van der Waals surface area (Å²) >= 11 is 0. The molecule has 1 atom stereocenters. The van der Waals surface area contributed by atoms with Crippen LogP contribution >= 0.6 is 0 Å². The molecular weight excluding hydrogens is 364 g/mol. The fourth-order valence-electron chi connectivity index (χ4n) is 3.55. The van der Waals surface area contributed by atoms with Crippen molar-refractivity contribution in [2.24, 2.45) is 5.92 Å². The average molecular weight is 395 g/mol. The Kier molecular flexibility index (Phi) is 7.68. The maximum absolute atomic E-state index is 12.3. The van der Waals surface area contributed by atoms with Crippen molar-refractivity contribution < 1.29 is 14.3 Å². The van der Waals surface area contributed by atoms with Crippen LogP contribution in [0.5, 0.6) is 5.75 Å². The quantitative estimate of drug-likeness (QED) is 0.617. The fraction of sp³-hybridized carbons (Fsp3) is 0.417. The number of carbonyl (C=O) groups is 2. The number of hydrogen-bond acceptors (Lipinski definition) is 4. The molecule has 0 saturated carbocycles. The van der Waals surface area contributed by atoms with Crippen LogP contribution in [0.15, 0.2) is 54.6 Å². The van der Waals surface area contributed by atoms with E-state index in [9.17, 15) is 9.59 Å². The lowest BCUT2D eigenvalue weighted by molar-refractivity contribution is -0.121. The largest absolute Gasteiger partial charge is 0.494 e. The van der Waals surface area contributed by atoms with Crippen LogP contribution in [0.4, 0.5) is 5.69 Å². The number of benzene rings is 2. The summed E-state index contributed by atoms with van der Waals surface area (Å²) in [5, 5.41) is 3.00. The molecule has 1 heterocycles. The predicted octanol–water partition coefficient (Wildman–Crippen LogP) is 4.08. The van der Waals surface area contributed by atoms with E-state index < -0.39 is 0 Å². The highest BCUT2D eigenvalue weighted by molar-refractivity contribution is 5.98. The van der Waals surface area contributed by atoms with Crippen molar-refractivity contribution in [3.8, 4) is 5.75 Å². The van der Waals surface area contributed by atoms with Crippen molar-refractivity contribution in [1.29, 1.82) is 0 Å². The van der Waals surface area contributed by atoms with Gasteiger partial charge in [-0.25, -0.2) is 0 Å². The fourth-order valence-corrected chi connectivity index (χ4v) is 3.55. The first-order chi connectivity index (χ1) is 14.2. The summed E-state index contributed by atoms with van der Waals surface area (Å²) in [7, 11) is 0. The van der Waals surface area contributed by atoms with Gasteiger partial charge in [-0.2, -0.15) is 0 Å². The summed E-state index contributed by atoms with van der Waals surface area (Å²) in [5.74, 6) is 1.14. The number of ketones is 1. The summed E-state index contributed by atoms with van der Waals surface area (Å²) in [4.78, 5) is 26.8. The molecule has 154 valence electrons. The van der Waals surface area contributed by atoms with E-state index in [1.807, 2.05) is 30.3 Å². The van der Waals surface area contributed by atoms with E-state index in [0.717, 1.165) is 31.7 Å². The molecule has 0 radical (unpaired) electrons. The van der Waals surface area contributed by atoms with E-state index in [0.29, 0.717) is 24.6 Å². The number of Topliss-reactive ketones (excluding diaryl/α,β-unsaturated/α-hetero) is 1. The van der Waals surface area contributed by atoms with E-state index >= 15 is 0 Å². The lowest BCUT2D eigenvalue weighted by Gasteiger charge is -2.18. The summed E-state index contributed by atoms with van der Waals surface area (Å²) in [6.07, 6.45) is 2.46. The van der Waals surface area contributed by atoms with E-state index in [2.05, 4.69) is 29.3 Å². The number of carbonyl (C=O) groups excluding carboxylic acids is 2. The van der Waals surface area contributed by atoms with E-state index in [4.69, 9.17) is 4.74 Å². The van der Waals surface area contributed by atoms with Crippen LogP contribution in [-0.2, 0) is 4.79 Å². The summed E-state index contributed by atoms with van der Waals surface area (Å²) in [5.41, 5.74) is 1.86. The molecule has 0 spiro atoms. The summed E-state index contributed by atoms with van der Waals surface area (Å²) in [6, 6.07) is 17.5. The van der Waals surface area contributed by atoms with Gasteiger partial charge in [0.1, 0.15) is 5.75 Å². The second-order valence-corrected chi connectivity index (χ2v) is 7.54. The Morgan fingerprint density at radius 2 is 1.83 bits per heavy atom. The predicted molar refractivity (Wildman–Crippen MR) is 116 cm³/mol. The van der Waals surface area contributed by atoms with Gasteiger partial charge in [0, 0.05) is 43.7 Å². The first kappa shape index (κ1) is 20.9. The zero-order valence-electron chi connectivity index (χ0n) is 17.1. The third-order valence-corrected chi connectivity index (χ3v) is 5.22. The van der Waals surface area contributed by atoms with Crippen LogP contribution in [0.25, 0.3) is 0 Å². The molecule has 0 aliphatic carbocycles. The van der Waals surface area contributed by atoms with E-state index in [1.165, 1.54) is 5.69 Å². The molecule has 2 aromatic carbocycles. The van der Waals surface area contributed by atoms with Crippen LogP contribution < -0.4 is 15.0 Å². The zero-order chi connectivity index (χ0) is 20.5. The van der Waals surface area contributed by atoms with Crippen LogP contribution in [-0.4, -0.2) is 37.9 Å². The molecule has 1 aliphatic rings. The van der Waals surface area contributed by atoms with Gasteiger partial charge in [-0.3, -0.25) is 9.59 Å². The highest BCUT2D eigenvalue weighted by atomic mass is 16.5. The van der Waals surface area contributed by atoms with Gasteiger partial charge in [0.2, 0.25) is 5.91 Å². The Morgan fingerprint density at radius 1 is 1.07 bits per heavy atom. The topological polar surface area (TPSA) is 58.6 Å². The van der Waals surface area contributed by atoms with Gasteiger partial charge in [0.15, 0.2) is 5.78 Å². The van der Waals surface area contributed by atoms with Gasteiger partial charge < -0.3 is 15.0 Å². The van der Waals surface area contributed by atoms with E-state index in [1.54, 1.807) is 12.1 Å². The number of amides is 1. The van der Waals surface area contributed by atoms with Gasteiger partial charge in [-0.05, 0) is 55.2 Å². The number of ether oxygens (including phenoxy) is 1. The molecule has 1 N–H and O–H groups in total. The highest BCUT2D eigenvalue weighted by Gasteiger charge is 2.23. The van der Waals surface area contributed by atoms with Crippen molar-refractivity contribution >= 4 is 17.4 Å². The normalized spacial score (nSPS) is 15.9. The second kappa shape index (κ2) is 10.6. The first-order valence-electron chi connectivity index (χ1n) is 10.5. The Labute approximate surface area is 173 Å². The maximum Gasteiger partial charge on any atom is 0.220 e. The Hall–Kier alpha value is -2.82. The van der Waals surface area contributed by atoms with Gasteiger partial charge in [-0.1, -0.05) is 25.1 Å². The number of rotatable bonds is 10. The Bertz CT molecular complexity index is 790. The SMILES string of the molecule is CCCOc1ccc(C(=O)CCC(=O)NCC2CCN(c3ccccc3)C2)cc1. The molecule has 5 nitrogen and oxygen atoms in total. The Balaban J connectivity index is 1.36. The molecule has 3 rings (SSSR count). The number of hydrogen-bond donors (Lipinski definition) is 1. The third-order valence-electron chi connectivity index (χ3n) is 5.22. The molecule has 5 heteroatoms. The molecule has 2 aromatic rings. The van der Waals surface area contributed by atoms with Gasteiger partial charge in [0.25, 0.3) is 0 Å². The first-order valence-corrected chi connectivity index (χ1v) is 10.5. The molecule has 1 amide bonds. The minimum atomic E-state index is -0.0561.